The van der Waals surface area contributed by atoms with Gasteiger partial charge < -0.3 is 0 Å². The Bertz CT molecular complexity index is 334. The molecule has 2 heterocycles. The van der Waals surface area contributed by atoms with Gasteiger partial charge in [0.05, 0.1) is 6.54 Å². The lowest BCUT2D eigenvalue weighted by Crippen LogP contribution is -2.44. The number of pyridine rings is 1. The van der Waals surface area contributed by atoms with Crippen LogP contribution in [0.25, 0.3) is 0 Å². The van der Waals surface area contributed by atoms with Crippen molar-refractivity contribution >= 4 is 11.7 Å². The van der Waals surface area contributed by atoms with Crippen molar-refractivity contribution in [1.29, 1.82) is 0 Å². The van der Waals surface area contributed by atoms with Gasteiger partial charge in [0.15, 0.2) is 0 Å². The van der Waals surface area contributed by atoms with Gasteiger partial charge in [0.2, 0.25) is 0 Å². The number of aromatic nitrogens is 1. The molecule has 0 atom stereocenters. The molecule has 0 unspecified atom stereocenters. The molecule has 1 amide bonds. The Morgan fingerprint density at radius 3 is 3.08 bits per heavy atom. The topological polar surface area (TPSA) is 45.2 Å². The zero-order valence-corrected chi connectivity index (χ0v) is 6.97. The molecule has 2 rings (SSSR count). The molecule has 0 saturated carbocycles. The zero-order chi connectivity index (χ0) is 9.10. The molecule has 13 heavy (non-hydrogen) atoms. The number of nitrogens with one attached hydrogen (secondary N) is 1. The average molecular weight is 175 g/mol. The lowest BCUT2D eigenvalue weighted by Gasteiger charge is -2.24. The van der Waals surface area contributed by atoms with Crippen LogP contribution >= 0.6 is 0 Å². The minimum absolute atomic E-state index is 0.114. The fourth-order valence-electron chi connectivity index (χ4n) is 1.15. The summed E-state index contributed by atoms with van der Waals surface area (Å²) in [7, 11) is 0. The van der Waals surface area contributed by atoms with Crippen LogP contribution in [-0.2, 0) is 4.79 Å². The number of carbonyl (C=O) groups excluding carboxylic acids is 1. The number of anilines is 1. The van der Waals surface area contributed by atoms with Crippen LogP contribution in [-0.4, -0.2) is 17.4 Å². The van der Waals surface area contributed by atoms with Crippen LogP contribution in [0.4, 0.5) is 5.82 Å². The number of amides is 1. The zero-order valence-electron chi connectivity index (χ0n) is 6.97. The van der Waals surface area contributed by atoms with Crippen LogP contribution in [0.15, 0.2) is 36.5 Å². The number of rotatable bonds is 1. The highest BCUT2D eigenvalue weighted by molar-refractivity contribution is 5.89. The van der Waals surface area contributed by atoms with Crippen LogP contribution in [0.1, 0.15) is 0 Å². The second kappa shape index (κ2) is 3.26. The van der Waals surface area contributed by atoms with Gasteiger partial charge in [-0.2, -0.15) is 0 Å². The van der Waals surface area contributed by atoms with E-state index in [0.717, 1.165) is 5.82 Å². The van der Waals surface area contributed by atoms with Crippen LogP contribution in [0, 0.1) is 0 Å². The molecule has 0 bridgehead atoms. The van der Waals surface area contributed by atoms with E-state index in [1.54, 1.807) is 17.3 Å². The van der Waals surface area contributed by atoms with Gasteiger partial charge in [-0.1, -0.05) is 12.1 Å². The third kappa shape index (κ3) is 1.66. The second-order valence-electron chi connectivity index (χ2n) is 2.68. The Hall–Kier alpha value is -1.84. The van der Waals surface area contributed by atoms with Crippen LogP contribution < -0.4 is 10.4 Å². The van der Waals surface area contributed by atoms with Gasteiger partial charge in [-0.05, 0) is 12.1 Å². The summed E-state index contributed by atoms with van der Waals surface area (Å²) < 4.78 is 0. The molecule has 1 aliphatic heterocycles. The van der Waals surface area contributed by atoms with Crippen molar-refractivity contribution in [3.8, 4) is 0 Å². The van der Waals surface area contributed by atoms with Crippen molar-refractivity contribution in [2.45, 2.75) is 0 Å². The van der Waals surface area contributed by atoms with Crippen molar-refractivity contribution in [3.05, 3.63) is 36.5 Å². The SMILES string of the molecule is O=C1C=CCN(c2ccccn2)N1. The highest BCUT2D eigenvalue weighted by atomic mass is 16.2. The first-order valence-electron chi connectivity index (χ1n) is 4.02. The molecule has 1 N–H and O–H groups in total. The second-order valence-corrected chi connectivity index (χ2v) is 2.68. The molecular weight excluding hydrogens is 166 g/mol. The fraction of sp³-hybridized carbons (Fsp3) is 0.111. The van der Waals surface area contributed by atoms with E-state index in [4.69, 9.17) is 0 Å². The highest BCUT2D eigenvalue weighted by Crippen LogP contribution is 2.07. The molecular formula is C9H9N3O. The molecule has 1 aliphatic rings. The van der Waals surface area contributed by atoms with E-state index in [2.05, 4.69) is 10.4 Å². The van der Waals surface area contributed by atoms with Gasteiger partial charge in [-0.25, -0.2) is 4.98 Å². The summed E-state index contributed by atoms with van der Waals surface area (Å²) in [5, 5.41) is 1.70. The summed E-state index contributed by atoms with van der Waals surface area (Å²) in [5.41, 5.74) is 2.68. The molecule has 0 fully saturated rings. The van der Waals surface area contributed by atoms with Crippen molar-refractivity contribution < 1.29 is 4.79 Å². The maximum absolute atomic E-state index is 11.0. The quantitative estimate of drug-likeness (QED) is 0.675. The maximum atomic E-state index is 11.0. The first-order chi connectivity index (χ1) is 6.36. The van der Waals surface area contributed by atoms with Crippen molar-refractivity contribution in [3.63, 3.8) is 0 Å². The number of hydrogen-bond donors (Lipinski definition) is 1. The molecule has 0 aliphatic carbocycles. The Morgan fingerprint density at radius 2 is 2.38 bits per heavy atom. The largest absolute Gasteiger partial charge is 0.268 e. The summed E-state index contributed by atoms with van der Waals surface area (Å²) in [6.45, 7) is 0.656. The number of nitrogens with zero attached hydrogens (tertiary/aromatic N) is 2. The van der Waals surface area contributed by atoms with Crippen LogP contribution in [0.3, 0.4) is 0 Å². The van der Waals surface area contributed by atoms with E-state index < -0.39 is 0 Å². The minimum Gasteiger partial charge on any atom is -0.268 e. The van der Waals surface area contributed by atoms with E-state index in [0.29, 0.717) is 6.54 Å². The van der Waals surface area contributed by atoms with Gasteiger partial charge in [-0.15, -0.1) is 0 Å². The van der Waals surface area contributed by atoms with Crippen LogP contribution in [0.5, 0.6) is 0 Å². The summed E-state index contributed by atoms with van der Waals surface area (Å²) in [6, 6.07) is 5.57. The number of hydrazine groups is 1. The molecule has 4 nitrogen and oxygen atoms in total. The van der Waals surface area contributed by atoms with E-state index in [1.807, 2.05) is 18.2 Å². The molecule has 0 radical (unpaired) electrons. The number of carbonyl (C=O) groups is 1. The minimum atomic E-state index is -0.114. The summed E-state index contributed by atoms with van der Waals surface area (Å²) >= 11 is 0. The van der Waals surface area contributed by atoms with E-state index in [9.17, 15) is 4.79 Å². The normalized spacial score (nSPS) is 15.7. The fourth-order valence-corrected chi connectivity index (χ4v) is 1.15. The Labute approximate surface area is 75.9 Å². The average Bonchev–Trinajstić information content (AvgIpc) is 2.19. The van der Waals surface area contributed by atoms with Gasteiger partial charge in [0.25, 0.3) is 5.91 Å². The Kier molecular flexibility index (Phi) is 1.96. The predicted molar refractivity (Wildman–Crippen MR) is 48.9 cm³/mol. The lowest BCUT2D eigenvalue weighted by molar-refractivity contribution is -0.116. The van der Waals surface area contributed by atoms with Gasteiger partial charge in [-0.3, -0.25) is 15.2 Å². The summed E-state index contributed by atoms with van der Waals surface area (Å²) in [4.78, 5) is 15.1. The molecule has 66 valence electrons. The first kappa shape index (κ1) is 7.79. The lowest BCUT2D eigenvalue weighted by atomic mass is 10.4. The Morgan fingerprint density at radius 1 is 1.46 bits per heavy atom. The molecule has 1 aromatic heterocycles. The highest BCUT2D eigenvalue weighted by Gasteiger charge is 2.11. The maximum Gasteiger partial charge on any atom is 0.262 e. The standard InChI is InChI=1S/C9H9N3O/c13-9-5-3-7-12(11-9)8-4-1-2-6-10-8/h1-6H,7H2,(H,11,13). The van der Waals surface area contributed by atoms with Crippen LogP contribution in [0.2, 0.25) is 0 Å². The first-order valence-corrected chi connectivity index (χ1v) is 4.02. The van der Waals surface area contributed by atoms with Crippen molar-refractivity contribution in [2.75, 3.05) is 11.6 Å². The molecule has 0 saturated heterocycles. The molecule has 1 aromatic rings. The number of hydrogen-bond acceptors (Lipinski definition) is 3. The van der Waals surface area contributed by atoms with Gasteiger partial charge in [0.1, 0.15) is 5.82 Å². The van der Waals surface area contributed by atoms with Crippen molar-refractivity contribution in [2.24, 2.45) is 0 Å². The third-order valence-corrected chi connectivity index (χ3v) is 1.73. The monoisotopic (exact) mass is 175 g/mol. The van der Waals surface area contributed by atoms with E-state index >= 15 is 0 Å². The summed E-state index contributed by atoms with van der Waals surface area (Å²) in [5.74, 6) is 0.636. The van der Waals surface area contributed by atoms with E-state index in [1.165, 1.54) is 6.08 Å². The smallest absolute Gasteiger partial charge is 0.262 e. The predicted octanol–water partition coefficient (Wildman–Crippen LogP) is 0.489. The third-order valence-electron chi connectivity index (χ3n) is 1.73. The molecule has 0 aromatic carbocycles. The molecule has 4 heteroatoms. The van der Waals surface area contributed by atoms with Gasteiger partial charge >= 0.3 is 0 Å². The van der Waals surface area contributed by atoms with Crippen molar-refractivity contribution in [1.82, 2.24) is 10.4 Å². The Balaban J connectivity index is 2.19. The van der Waals surface area contributed by atoms with Gasteiger partial charge in [0, 0.05) is 12.3 Å². The molecule has 0 spiro atoms. The van der Waals surface area contributed by atoms with E-state index in [-0.39, 0.29) is 5.91 Å². The summed E-state index contributed by atoms with van der Waals surface area (Å²) in [6.07, 6.45) is 5.01.